The van der Waals surface area contributed by atoms with Crippen molar-refractivity contribution in [3.8, 4) is 11.6 Å². The van der Waals surface area contributed by atoms with Crippen LogP contribution in [-0.2, 0) is 4.79 Å². The molecule has 25 heavy (non-hydrogen) atoms. The number of nitrogens with one attached hydrogen (secondary N) is 2. The van der Waals surface area contributed by atoms with E-state index in [1.807, 2.05) is 18.7 Å². The Morgan fingerprint density at radius 2 is 2.16 bits per heavy atom. The van der Waals surface area contributed by atoms with Crippen LogP contribution in [0.3, 0.4) is 0 Å². The van der Waals surface area contributed by atoms with Gasteiger partial charge in [-0.3, -0.25) is 15.2 Å². The largest absolute Gasteiger partial charge is 0.339 e. The smallest absolute Gasteiger partial charge is 0.244 e. The molecular formula is C16H25N7O2. The SMILES string of the molecule is CC(C)C(NC1CCCN(C(C)C)C1=O)c1nc(-c2ncn[nH]2)no1. The van der Waals surface area contributed by atoms with Crippen LogP contribution in [0.4, 0.5) is 0 Å². The minimum absolute atomic E-state index is 0.141. The van der Waals surface area contributed by atoms with Crippen LogP contribution in [0.15, 0.2) is 10.9 Å². The molecular weight excluding hydrogens is 322 g/mol. The standard InChI is InChI=1S/C16H25N7O2/c1-9(2)12(15-20-14(22-25-15)13-17-8-18-21-13)19-11-6-5-7-23(10(3)4)16(11)24/h8-12,19H,5-7H2,1-4H3,(H,17,18,21). The van der Waals surface area contributed by atoms with E-state index in [9.17, 15) is 4.79 Å². The Labute approximate surface area is 146 Å². The summed E-state index contributed by atoms with van der Waals surface area (Å²) in [6.07, 6.45) is 3.19. The summed E-state index contributed by atoms with van der Waals surface area (Å²) >= 11 is 0. The molecule has 1 amide bonds. The minimum atomic E-state index is -0.232. The van der Waals surface area contributed by atoms with E-state index in [-0.39, 0.29) is 30.0 Å². The van der Waals surface area contributed by atoms with Gasteiger partial charge in [0.2, 0.25) is 17.6 Å². The van der Waals surface area contributed by atoms with Gasteiger partial charge in [-0.15, -0.1) is 0 Å². The molecule has 3 heterocycles. The first-order valence-corrected chi connectivity index (χ1v) is 8.73. The number of aromatic amines is 1. The number of amides is 1. The van der Waals surface area contributed by atoms with Crippen LogP contribution < -0.4 is 5.32 Å². The van der Waals surface area contributed by atoms with Crippen molar-refractivity contribution in [2.45, 2.75) is 58.7 Å². The number of rotatable bonds is 6. The van der Waals surface area contributed by atoms with Gasteiger partial charge in [0.05, 0.1) is 12.1 Å². The van der Waals surface area contributed by atoms with Crippen molar-refractivity contribution in [3.63, 3.8) is 0 Å². The van der Waals surface area contributed by atoms with E-state index in [1.54, 1.807) is 0 Å². The van der Waals surface area contributed by atoms with E-state index in [0.29, 0.717) is 17.5 Å². The quantitative estimate of drug-likeness (QED) is 0.815. The highest BCUT2D eigenvalue weighted by Crippen LogP contribution is 2.25. The Bertz CT molecular complexity index is 695. The molecule has 2 N–H and O–H groups in total. The highest BCUT2D eigenvalue weighted by Gasteiger charge is 2.34. The fourth-order valence-corrected chi connectivity index (χ4v) is 3.10. The van der Waals surface area contributed by atoms with Crippen molar-refractivity contribution in [1.82, 2.24) is 35.5 Å². The maximum Gasteiger partial charge on any atom is 0.244 e. The van der Waals surface area contributed by atoms with Crippen LogP contribution in [0.1, 0.15) is 52.5 Å². The number of hydrogen-bond acceptors (Lipinski definition) is 7. The summed E-state index contributed by atoms with van der Waals surface area (Å²) in [5, 5.41) is 13.9. The number of nitrogens with zero attached hydrogens (tertiary/aromatic N) is 5. The zero-order chi connectivity index (χ0) is 18.0. The van der Waals surface area contributed by atoms with Gasteiger partial charge in [0, 0.05) is 12.6 Å². The molecule has 2 aromatic heterocycles. The lowest BCUT2D eigenvalue weighted by Crippen LogP contribution is -2.54. The van der Waals surface area contributed by atoms with Crippen molar-refractivity contribution in [2.75, 3.05) is 6.54 Å². The summed E-state index contributed by atoms with van der Waals surface area (Å²) < 4.78 is 5.43. The summed E-state index contributed by atoms with van der Waals surface area (Å²) in [5.41, 5.74) is 0. The van der Waals surface area contributed by atoms with Gasteiger partial charge in [0.15, 0.2) is 5.82 Å². The Kier molecular flexibility index (Phi) is 5.12. The predicted molar refractivity (Wildman–Crippen MR) is 90.3 cm³/mol. The van der Waals surface area contributed by atoms with Crippen LogP contribution in [-0.4, -0.2) is 54.8 Å². The Morgan fingerprint density at radius 1 is 1.36 bits per heavy atom. The van der Waals surface area contributed by atoms with Gasteiger partial charge in [-0.05, 0) is 32.6 Å². The lowest BCUT2D eigenvalue weighted by atomic mass is 9.98. The first-order valence-electron chi connectivity index (χ1n) is 8.73. The van der Waals surface area contributed by atoms with E-state index in [4.69, 9.17) is 4.52 Å². The Balaban J connectivity index is 1.77. The number of likely N-dealkylation sites (tertiary alicyclic amines) is 1. The Morgan fingerprint density at radius 3 is 2.80 bits per heavy atom. The molecule has 0 aliphatic carbocycles. The van der Waals surface area contributed by atoms with E-state index >= 15 is 0 Å². The number of carbonyl (C=O) groups excluding carboxylic acids is 1. The summed E-state index contributed by atoms with van der Waals surface area (Å²) in [5.74, 6) is 1.60. The van der Waals surface area contributed by atoms with Crippen LogP contribution in [0.5, 0.6) is 0 Å². The molecule has 2 atom stereocenters. The van der Waals surface area contributed by atoms with E-state index in [0.717, 1.165) is 19.4 Å². The molecule has 0 bridgehead atoms. The van der Waals surface area contributed by atoms with Crippen LogP contribution >= 0.6 is 0 Å². The molecule has 1 aliphatic rings. The fraction of sp³-hybridized carbons (Fsp3) is 0.688. The number of H-pyrrole nitrogens is 1. The first-order chi connectivity index (χ1) is 12.0. The summed E-state index contributed by atoms with van der Waals surface area (Å²) in [6.45, 7) is 9.02. The van der Waals surface area contributed by atoms with Gasteiger partial charge in [-0.2, -0.15) is 10.1 Å². The summed E-state index contributed by atoms with van der Waals surface area (Å²) in [6, 6.07) is -0.231. The third-order valence-corrected chi connectivity index (χ3v) is 4.48. The third kappa shape index (κ3) is 3.71. The maximum atomic E-state index is 12.7. The highest BCUT2D eigenvalue weighted by atomic mass is 16.5. The number of carbonyl (C=O) groups is 1. The van der Waals surface area contributed by atoms with E-state index in [2.05, 4.69) is 44.5 Å². The lowest BCUT2D eigenvalue weighted by molar-refractivity contribution is -0.138. The van der Waals surface area contributed by atoms with Crippen LogP contribution in [0.2, 0.25) is 0 Å². The van der Waals surface area contributed by atoms with Crippen molar-refractivity contribution in [2.24, 2.45) is 5.92 Å². The molecule has 1 saturated heterocycles. The molecule has 9 nitrogen and oxygen atoms in total. The molecule has 3 rings (SSSR count). The molecule has 2 unspecified atom stereocenters. The van der Waals surface area contributed by atoms with Gasteiger partial charge in [-0.25, -0.2) is 4.98 Å². The fourth-order valence-electron chi connectivity index (χ4n) is 3.10. The second kappa shape index (κ2) is 7.30. The average molecular weight is 347 g/mol. The molecule has 9 heteroatoms. The molecule has 136 valence electrons. The molecule has 0 radical (unpaired) electrons. The molecule has 0 aromatic carbocycles. The van der Waals surface area contributed by atoms with Gasteiger partial charge in [-0.1, -0.05) is 19.0 Å². The van der Waals surface area contributed by atoms with E-state index in [1.165, 1.54) is 6.33 Å². The van der Waals surface area contributed by atoms with Crippen molar-refractivity contribution >= 4 is 5.91 Å². The van der Waals surface area contributed by atoms with Crippen molar-refractivity contribution in [3.05, 3.63) is 12.2 Å². The second-order valence-corrected chi connectivity index (χ2v) is 7.00. The van der Waals surface area contributed by atoms with Crippen molar-refractivity contribution < 1.29 is 9.32 Å². The third-order valence-electron chi connectivity index (χ3n) is 4.48. The highest BCUT2D eigenvalue weighted by molar-refractivity contribution is 5.82. The summed E-state index contributed by atoms with van der Waals surface area (Å²) in [4.78, 5) is 23.1. The maximum absolute atomic E-state index is 12.7. The van der Waals surface area contributed by atoms with Gasteiger partial charge >= 0.3 is 0 Å². The average Bonchev–Trinajstić information content (AvgIpc) is 3.24. The lowest BCUT2D eigenvalue weighted by Gasteiger charge is -2.37. The van der Waals surface area contributed by atoms with Crippen LogP contribution in [0.25, 0.3) is 11.6 Å². The van der Waals surface area contributed by atoms with Gasteiger partial charge < -0.3 is 9.42 Å². The van der Waals surface area contributed by atoms with Crippen LogP contribution in [0, 0.1) is 5.92 Å². The van der Waals surface area contributed by atoms with Crippen molar-refractivity contribution in [1.29, 1.82) is 0 Å². The zero-order valence-electron chi connectivity index (χ0n) is 15.1. The molecule has 1 fully saturated rings. The topological polar surface area (TPSA) is 113 Å². The molecule has 1 aliphatic heterocycles. The molecule has 0 saturated carbocycles. The summed E-state index contributed by atoms with van der Waals surface area (Å²) in [7, 11) is 0. The Hall–Kier alpha value is -2.29. The number of aromatic nitrogens is 5. The second-order valence-electron chi connectivity index (χ2n) is 7.00. The number of hydrogen-bond donors (Lipinski definition) is 2. The minimum Gasteiger partial charge on any atom is -0.339 e. The normalized spacial score (nSPS) is 19.8. The molecule has 0 spiro atoms. The number of piperidine rings is 1. The monoisotopic (exact) mass is 347 g/mol. The molecule has 2 aromatic rings. The van der Waals surface area contributed by atoms with Gasteiger partial charge in [0.1, 0.15) is 6.33 Å². The van der Waals surface area contributed by atoms with E-state index < -0.39 is 0 Å². The predicted octanol–water partition coefficient (Wildman–Crippen LogP) is 1.54. The first kappa shape index (κ1) is 17.5. The van der Waals surface area contributed by atoms with Gasteiger partial charge in [0.25, 0.3) is 0 Å². The zero-order valence-corrected chi connectivity index (χ0v) is 15.1.